The van der Waals surface area contributed by atoms with Crippen LogP contribution < -0.4 is 4.74 Å². The third-order valence-electron chi connectivity index (χ3n) is 5.46. The lowest BCUT2D eigenvalue weighted by molar-refractivity contribution is 0.0342. The molecule has 2 heterocycles. The monoisotopic (exact) mass is 368 g/mol. The van der Waals surface area contributed by atoms with Crippen LogP contribution in [0.15, 0.2) is 48.7 Å². The van der Waals surface area contributed by atoms with Crippen molar-refractivity contribution < 1.29 is 9.47 Å². The zero-order valence-corrected chi connectivity index (χ0v) is 15.9. The Balaban J connectivity index is 1.17. The number of methoxy groups -OCH3 is 1. The summed E-state index contributed by atoms with van der Waals surface area (Å²) >= 11 is 0. The molecular weight excluding hydrogens is 340 g/mol. The molecule has 0 radical (unpaired) electrons. The lowest BCUT2D eigenvalue weighted by Gasteiger charge is -2.40. The van der Waals surface area contributed by atoms with E-state index in [-0.39, 0.29) is 6.10 Å². The van der Waals surface area contributed by atoms with Crippen LogP contribution in [0.4, 0.5) is 0 Å². The van der Waals surface area contributed by atoms with Gasteiger partial charge >= 0.3 is 0 Å². The highest BCUT2D eigenvalue weighted by Gasteiger charge is 2.27. The standard InChI is InChI=1S/C21H28N4O2/c1-26-21-6-3-2-5-20(21)25-12-10-24(11-13-25)9-4-14-27-18-8-7-17-16-22-23-19(17)15-18/h2-3,5-8,15-16,20-21H,4,9-14H2,1H3,(H,22,23). The van der Waals surface area contributed by atoms with E-state index >= 15 is 0 Å². The first kappa shape index (κ1) is 18.2. The molecule has 1 fully saturated rings. The van der Waals surface area contributed by atoms with E-state index in [0.29, 0.717) is 6.04 Å². The number of hydrogen-bond acceptors (Lipinski definition) is 5. The van der Waals surface area contributed by atoms with Gasteiger partial charge in [-0.2, -0.15) is 5.10 Å². The fourth-order valence-corrected chi connectivity index (χ4v) is 3.89. The van der Waals surface area contributed by atoms with Gasteiger partial charge in [-0.25, -0.2) is 0 Å². The number of nitrogens with one attached hydrogen (secondary N) is 1. The van der Waals surface area contributed by atoms with E-state index in [9.17, 15) is 0 Å². The molecule has 27 heavy (non-hydrogen) atoms. The van der Waals surface area contributed by atoms with E-state index in [1.807, 2.05) is 24.4 Å². The normalized spacial score (nSPS) is 23.9. The van der Waals surface area contributed by atoms with Gasteiger partial charge in [-0.1, -0.05) is 24.3 Å². The lowest BCUT2D eigenvalue weighted by atomic mass is 10.0. The van der Waals surface area contributed by atoms with Crippen LogP contribution in [0.2, 0.25) is 0 Å². The van der Waals surface area contributed by atoms with Gasteiger partial charge < -0.3 is 14.4 Å². The summed E-state index contributed by atoms with van der Waals surface area (Å²) < 4.78 is 11.5. The summed E-state index contributed by atoms with van der Waals surface area (Å²) in [6.07, 6.45) is 11.6. The van der Waals surface area contributed by atoms with E-state index in [0.717, 1.165) is 62.4 Å². The first-order chi connectivity index (χ1) is 13.3. The van der Waals surface area contributed by atoms with Gasteiger partial charge in [0.2, 0.25) is 0 Å². The van der Waals surface area contributed by atoms with Crippen LogP contribution in [-0.2, 0) is 4.74 Å². The van der Waals surface area contributed by atoms with E-state index in [2.05, 4.69) is 44.3 Å². The SMILES string of the molecule is COC1C=CC=CC1N1CCN(CCCOc2ccc3cn[nH]c3c2)CC1. The lowest BCUT2D eigenvalue weighted by Crippen LogP contribution is -2.53. The highest BCUT2D eigenvalue weighted by atomic mass is 16.5. The van der Waals surface area contributed by atoms with Gasteiger partial charge in [0.05, 0.1) is 30.5 Å². The van der Waals surface area contributed by atoms with Gasteiger partial charge in [-0.3, -0.25) is 10.00 Å². The predicted molar refractivity (Wildman–Crippen MR) is 107 cm³/mol. The van der Waals surface area contributed by atoms with E-state index < -0.39 is 0 Å². The fourth-order valence-electron chi connectivity index (χ4n) is 3.89. The van der Waals surface area contributed by atoms with Crippen LogP contribution >= 0.6 is 0 Å². The second kappa shape index (κ2) is 8.69. The minimum Gasteiger partial charge on any atom is -0.493 e. The first-order valence-electron chi connectivity index (χ1n) is 9.73. The summed E-state index contributed by atoms with van der Waals surface area (Å²) in [7, 11) is 1.79. The molecule has 0 spiro atoms. The number of rotatable bonds is 7. The Morgan fingerprint density at radius 1 is 1.15 bits per heavy atom. The molecule has 6 heteroatoms. The molecule has 0 amide bonds. The van der Waals surface area contributed by atoms with Gasteiger partial charge in [-0.05, 0) is 18.6 Å². The summed E-state index contributed by atoms with van der Waals surface area (Å²) in [5, 5.41) is 8.13. The van der Waals surface area contributed by atoms with Gasteiger partial charge in [0, 0.05) is 51.3 Å². The van der Waals surface area contributed by atoms with Gasteiger partial charge in [-0.15, -0.1) is 0 Å². The molecule has 144 valence electrons. The Morgan fingerprint density at radius 3 is 2.85 bits per heavy atom. The van der Waals surface area contributed by atoms with E-state index in [1.165, 1.54) is 0 Å². The summed E-state index contributed by atoms with van der Waals surface area (Å²) in [4.78, 5) is 5.06. The molecule has 1 aromatic heterocycles. The van der Waals surface area contributed by atoms with Crippen molar-refractivity contribution >= 4 is 10.9 Å². The summed E-state index contributed by atoms with van der Waals surface area (Å²) in [6.45, 7) is 6.19. The topological polar surface area (TPSA) is 53.6 Å². The van der Waals surface area contributed by atoms with Crippen molar-refractivity contribution in [3.63, 3.8) is 0 Å². The largest absolute Gasteiger partial charge is 0.493 e. The van der Waals surface area contributed by atoms with Crippen molar-refractivity contribution in [1.82, 2.24) is 20.0 Å². The number of hydrogen-bond donors (Lipinski definition) is 1. The summed E-state index contributed by atoms with van der Waals surface area (Å²) in [5.41, 5.74) is 1.02. The predicted octanol–water partition coefficient (Wildman–Crippen LogP) is 2.46. The van der Waals surface area contributed by atoms with Crippen LogP contribution in [0.1, 0.15) is 6.42 Å². The number of fused-ring (bicyclic) bond motifs is 1. The molecule has 1 saturated heterocycles. The Hall–Kier alpha value is -2.15. The Bertz CT molecular complexity index is 792. The second-order valence-corrected chi connectivity index (χ2v) is 7.16. The van der Waals surface area contributed by atoms with Crippen molar-refractivity contribution in [3.05, 3.63) is 48.7 Å². The Kier molecular flexibility index (Phi) is 5.87. The minimum atomic E-state index is 0.169. The number of nitrogens with zero attached hydrogens (tertiary/aromatic N) is 3. The maximum absolute atomic E-state index is 5.90. The van der Waals surface area contributed by atoms with Crippen LogP contribution in [0.5, 0.6) is 5.75 Å². The number of H-pyrrole nitrogens is 1. The quantitative estimate of drug-likeness (QED) is 0.761. The average Bonchev–Trinajstić information content (AvgIpc) is 3.19. The smallest absolute Gasteiger partial charge is 0.121 e. The first-order valence-corrected chi connectivity index (χ1v) is 9.73. The van der Waals surface area contributed by atoms with Crippen molar-refractivity contribution in [1.29, 1.82) is 0 Å². The summed E-state index contributed by atoms with van der Waals surface area (Å²) in [5.74, 6) is 0.902. The number of allylic oxidation sites excluding steroid dienone is 2. The van der Waals surface area contributed by atoms with Gasteiger partial charge in [0.15, 0.2) is 0 Å². The summed E-state index contributed by atoms with van der Waals surface area (Å²) in [6, 6.07) is 6.42. The Labute approximate surface area is 160 Å². The molecule has 0 saturated carbocycles. The van der Waals surface area contributed by atoms with Gasteiger partial charge in [0.25, 0.3) is 0 Å². The molecular formula is C21H28N4O2. The van der Waals surface area contributed by atoms with Gasteiger partial charge in [0.1, 0.15) is 5.75 Å². The highest BCUT2D eigenvalue weighted by molar-refractivity contribution is 5.79. The van der Waals surface area contributed by atoms with Crippen molar-refractivity contribution in [2.45, 2.75) is 18.6 Å². The van der Waals surface area contributed by atoms with Crippen molar-refractivity contribution in [3.8, 4) is 5.75 Å². The van der Waals surface area contributed by atoms with E-state index in [1.54, 1.807) is 7.11 Å². The molecule has 1 aromatic carbocycles. The van der Waals surface area contributed by atoms with Crippen LogP contribution in [0.25, 0.3) is 10.9 Å². The molecule has 2 atom stereocenters. The molecule has 1 aliphatic carbocycles. The maximum Gasteiger partial charge on any atom is 0.121 e. The number of piperazine rings is 1. The highest BCUT2D eigenvalue weighted by Crippen LogP contribution is 2.19. The number of aromatic nitrogens is 2. The third kappa shape index (κ3) is 4.40. The molecule has 4 rings (SSSR count). The minimum absolute atomic E-state index is 0.169. The maximum atomic E-state index is 5.90. The molecule has 2 aliphatic rings. The zero-order valence-electron chi connectivity index (χ0n) is 15.9. The van der Waals surface area contributed by atoms with E-state index in [4.69, 9.17) is 9.47 Å². The van der Waals surface area contributed by atoms with Crippen LogP contribution in [0, 0.1) is 0 Å². The molecule has 2 aromatic rings. The van der Waals surface area contributed by atoms with Crippen LogP contribution in [-0.4, -0.2) is 78.6 Å². The average molecular weight is 368 g/mol. The molecule has 0 bridgehead atoms. The second-order valence-electron chi connectivity index (χ2n) is 7.16. The molecule has 1 N–H and O–H groups in total. The number of benzene rings is 1. The zero-order chi connectivity index (χ0) is 18.5. The van der Waals surface area contributed by atoms with Crippen LogP contribution in [0.3, 0.4) is 0 Å². The fraction of sp³-hybridized carbons (Fsp3) is 0.476. The third-order valence-corrected chi connectivity index (χ3v) is 5.46. The van der Waals surface area contributed by atoms with Crippen molar-refractivity contribution in [2.24, 2.45) is 0 Å². The number of aromatic amines is 1. The molecule has 6 nitrogen and oxygen atoms in total. The molecule has 2 unspecified atom stereocenters. The van der Waals surface area contributed by atoms with Crippen molar-refractivity contribution in [2.75, 3.05) is 46.4 Å². The molecule has 1 aliphatic heterocycles. The Morgan fingerprint density at radius 2 is 2.00 bits per heavy atom. The number of ether oxygens (including phenoxy) is 2.